The summed E-state index contributed by atoms with van der Waals surface area (Å²) in [5.41, 5.74) is -0.992. The molecule has 0 spiro atoms. The summed E-state index contributed by atoms with van der Waals surface area (Å²) in [7, 11) is 0. The number of hydrogen-bond acceptors (Lipinski definition) is 2. The summed E-state index contributed by atoms with van der Waals surface area (Å²) in [5.74, 6) is -5.74. The van der Waals surface area contributed by atoms with Crippen LogP contribution in [-0.4, -0.2) is 5.71 Å². The predicted molar refractivity (Wildman–Crippen MR) is 54.6 cm³/mol. The monoisotopic (exact) mass is 249 g/mol. The Hall–Kier alpha value is -1.59. The molecule has 17 heavy (non-hydrogen) atoms. The molecule has 0 bridgehead atoms. The molecule has 0 unspecified atom stereocenters. The van der Waals surface area contributed by atoms with Crippen molar-refractivity contribution in [1.29, 1.82) is 0 Å². The van der Waals surface area contributed by atoms with Crippen molar-refractivity contribution < 1.29 is 22.4 Å². The van der Waals surface area contributed by atoms with E-state index in [2.05, 4.69) is 9.99 Å². The summed E-state index contributed by atoms with van der Waals surface area (Å²) in [6, 6.07) is 0. The minimum Gasteiger partial charge on any atom is -0.391 e. The van der Waals surface area contributed by atoms with Crippen LogP contribution < -0.4 is 0 Å². The van der Waals surface area contributed by atoms with Crippen molar-refractivity contribution >= 4 is 5.71 Å². The number of halogens is 4. The molecule has 0 aliphatic heterocycles. The standard InChI is InChI=1S/C11H11F4NO/c1-5(2)16-17-4-7-10(14)8(12)6(3)9(13)11(7)15/h4H2,1-3H3. The lowest BCUT2D eigenvalue weighted by Gasteiger charge is -2.08. The number of benzene rings is 1. The second kappa shape index (κ2) is 5.16. The lowest BCUT2D eigenvalue weighted by atomic mass is 10.1. The van der Waals surface area contributed by atoms with Crippen molar-refractivity contribution in [2.45, 2.75) is 27.4 Å². The van der Waals surface area contributed by atoms with Gasteiger partial charge in [-0.15, -0.1) is 0 Å². The lowest BCUT2D eigenvalue weighted by molar-refractivity contribution is 0.123. The van der Waals surface area contributed by atoms with Crippen molar-refractivity contribution in [1.82, 2.24) is 0 Å². The Morgan fingerprint density at radius 3 is 1.88 bits per heavy atom. The number of oxime groups is 1. The van der Waals surface area contributed by atoms with Gasteiger partial charge in [-0.25, -0.2) is 17.6 Å². The van der Waals surface area contributed by atoms with Crippen molar-refractivity contribution in [3.8, 4) is 0 Å². The topological polar surface area (TPSA) is 21.6 Å². The first-order valence-corrected chi connectivity index (χ1v) is 4.80. The Kier molecular flexibility index (Phi) is 4.09. The zero-order valence-electron chi connectivity index (χ0n) is 9.57. The Balaban J connectivity index is 3.12. The molecular weight excluding hydrogens is 238 g/mol. The second-order valence-electron chi connectivity index (χ2n) is 3.67. The molecular formula is C11H11F4NO. The molecule has 2 nitrogen and oxygen atoms in total. The summed E-state index contributed by atoms with van der Waals surface area (Å²) in [6.07, 6.45) is 0. The van der Waals surface area contributed by atoms with Gasteiger partial charge in [0.05, 0.1) is 11.3 Å². The molecule has 1 aromatic rings. The summed E-state index contributed by atoms with van der Waals surface area (Å²) in [6.45, 7) is 3.48. The Morgan fingerprint density at radius 2 is 1.47 bits per heavy atom. The van der Waals surface area contributed by atoms with Crippen LogP contribution in [0.1, 0.15) is 25.0 Å². The van der Waals surface area contributed by atoms with Gasteiger partial charge in [0, 0.05) is 5.56 Å². The van der Waals surface area contributed by atoms with Crippen molar-refractivity contribution in [2.75, 3.05) is 0 Å². The highest BCUT2D eigenvalue weighted by Gasteiger charge is 2.23. The lowest BCUT2D eigenvalue weighted by Crippen LogP contribution is -2.07. The molecule has 0 saturated heterocycles. The van der Waals surface area contributed by atoms with Gasteiger partial charge in [0.2, 0.25) is 0 Å². The molecule has 1 rings (SSSR count). The highest BCUT2D eigenvalue weighted by Crippen LogP contribution is 2.24. The molecule has 0 N–H and O–H groups in total. The van der Waals surface area contributed by atoms with Gasteiger partial charge in [0.25, 0.3) is 0 Å². The number of hydrogen-bond donors (Lipinski definition) is 0. The molecule has 94 valence electrons. The third-order valence-corrected chi connectivity index (χ3v) is 2.03. The van der Waals surface area contributed by atoms with E-state index in [0.717, 1.165) is 6.92 Å². The van der Waals surface area contributed by atoms with Crippen LogP contribution in [-0.2, 0) is 11.4 Å². The van der Waals surface area contributed by atoms with Gasteiger partial charge in [-0.3, -0.25) is 0 Å². The largest absolute Gasteiger partial charge is 0.391 e. The molecule has 1 aromatic carbocycles. The molecule has 0 aliphatic carbocycles. The van der Waals surface area contributed by atoms with Gasteiger partial charge >= 0.3 is 0 Å². The molecule has 0 fully saturated rings. The number of rotatable bonds is 3. The van der Waals surface area contributed by atoms with E-state index < -0.39 is 41.0 Å². The van der Waals surface area contributed by atoms with Crippen molar-refractivity contribution in [3.63, 3.8) is 0 Å². The van der Waals surface area contributed by atoms with Crippen molar-refractivity contribution in [3.05, 3.63) is 34.4 Å². The maximum Gasteiger partial charge on any atom is 0.168 e. The Morgan fingerprint density at radius 1 is 1.00 bits per heavy atom. The highest BCUT2D eigenvalue weighted by atomic mass is 19.2. The average molecular weight is 249 g/mol. The average Bonchev–Trinajstić information content (AvgIpc) is 2.28. The van der Waals surface area contributed by atoms with E-state index in [-0.39, 0.29) is 0 Å². The first kappa shape index (κ1) is 13.5. The first-order valence-electron chi connectivity index (χ1n) is 4.80. The molecule has 0 heterocycles. The highest BCUT2D eigenvalue weighted by molar-refractivity contribution is 5.78. The fourth-order valence-electron chi connectivity index (χ4n) is 1.14. The Labute approximate surface area is 95.9 Å². The van der Waals surface area contributed by atoms with E-state index >= 15 is 0 Å². The smallest absolute Gasteiger partial charge is 0.168 e. The van der Waals surface area contributed by atoms with Crippen LogP contribution in [0, 0.1) is 30.2 Å². The van der Waals surface area contributed by atoms with Crippen LogP contribution in [0.4, 0.5) is 17.6 Å². The summed E-state index contributed by atoms with van der Waals surface area (Å²) in [4.78, 5) is 4.57. The fourth-order valence-corrected chi connectivity index (χ4v) is 1.14. The van der Waals surface area contributed by atoms with E-state index in [1.54, 1.807) is 13.8 Å². The minimum atomic E-state index is -1.45. The quantitative estimate of drug-likeness (QED) is 0.348. The molecule has 0 radical (unpaired) electrons. The van der Waals surface area contributed by atoms with Crippen LogP contribution in [0.3, 0.4) is 0 Å². The normalized spacial score (nSPS) is 10.3. The third kappa shape index (κ3) is 2.75. The van der Waals surface area contributed by atoms with Gasteiger partial charge in [-0.2, -0.15) is 0 Å². The summed E-state index contributed by atoms with van der Waals surface area (Å²) in [5, 5.41) is 3.42. The van der Waals surface area contributed by atoms with E-state index in [9.17, 15) is 17.6 Å². The van der Waals surface area contributed by atoms with E-state index in [0.29, 0.717) is 5.71 Å². The molecule has 0 atom stereocenters. The summed E-state index contributed by atoms with van der Waals surface area (Å²) < 4.78 is 52.9. The van der Waals surface area contributed by atoms with Gasteiger partial charge in [-0.05, 0) is 20.8 Å². The molecule has 0 amide bonds. The molecule has 0 saturated carbocycles. The molecule has 0 aliphatic rings. The van der Waals surface area contributed by atoms with Gasteiger partial charge < -0.3 is 4.84 Å². The number of nitrogens with zero attached hydrogens (tertiary/aromatic N) is 1. The molecule has 6 heteroatoms. The fraction of sp³-hybridized carbons (Fsp3) is 0.364. The van der Waals surface area contributed by atoms with Crippen LogP contribution in [0.15, 0.2) is 5.16 Å². The van der Waals surface area contributed by atoms with Crippen LogP contribution in [0.25, 0.3) is 0 Å². The van der Waals surface area contributed by atoms with E-state index in [1.165, 1.54) is 0 Å². The zero-order valence-corrected chi connectivity index (χ0v) is 9.57. The second-order valence-corrected chi connectivity index (χ2v) is 3.67. The van der Waals surface area contributed by atoms with E-state index in [1.807, 2.05) is 0 Å². The minimum absolute atomic E-state index is 0.513. The zero-order chi connectivity index (χ0) is 13.2. The van der Waals surface area contributed by atoms with Crippen LogP contribution in [0.2, 0.25) is 0 Å². The van der Waals surface area contributed by atoms with E-state index in [4.69, 9.17) is 0 Å². The maximum absolute atomic E-state index is 13.3. The van der Waals surface area contributed by atoms with Gasteiger partial charge in [-0.1, -0.05) is 5.16 Å². The van der Waals surface area contributed by atoms with Crippen LogP contribution >= 0.6 is 0 Å². The molecule has 0 aromatic heterocycles. The predicted octanol–water partition coefficient (Wildman–Crippen LogP) is 3.46. The maximum atomic E-state index is 13.3. The van der Waals surface area contributed by atoms with Gasteiger partial charge in [0.15, 0.2) is 23.3 Å². The third-order valence-electron chi connectivity index (χ3n) is 2.03. The van der Waals surface area contributed by atoms with Gasteiger partial charge in [0.1, 0.15) is 6.61 Å². The first-order chi connectivity index (χ1) is 7.86. The van der Waals surface area contributed by atoms with Crippen molar-refractivity contribution in [2.24, 2.45) is 5.16 Å². The Bertz CT molecular complexity index is 438. The summed E-state index contributed by atoms with van der Waals surface area (Å²) >= 11 is 0. The van der Waals surface area contributed by atoms with Crippen LogP contribution in [0.5, 0.6) is 0 Å². The SMILES string of the molecule is CC(C)=NOCc1c(F)c(F)c(C)c(F)c1F.